The van der Waals surface area contributed by atoms with Gasteiger partial charge in [0, 0.05) is 21.3 Å². The molecule has 4 heteroatoms. The fraction of sp³-hybridized carbons (Fsp3) is 0.600. The number of hydrogen-bond donors (Lipinski definition) is 1. The zero-order valence-electron chi connectivity index (χ0n) is 7.80. The fourth-order valence-corrected chi connectivity index (χ4v) is 3.63. The van der Waals surface area contributed by atoms with Crippen LogP contribution >= 0.6 is 38.9 Å². The topological polar surface area (TPSA) is 12.0 Å². The fourth-order valence-electron chi connectivity index (χ4n) is 1.66. The Balaban J connectivity index is 1.66. The number of nitrogens with one attached hydrogen (secondary N) is 1. The van der Waals surface area contributed by atoms with Gasteiger partial charge in [-0.15, -0.1) is 22.9 Å². The summed E-state index contributed by atoms with van der Waals surface area (Å²) >= 11 is 11.2. The summed E-state index contributed by atoms with van der Waals surface area (Å²) in [6, 6.07) is 2.10. The molecule has 1 nitrogen and oxygen atoms in total. The molecule has 1 heterocycles. The van der Waals surface area contributed by atoms with Crippen molar-refractivity contribution in [2.24, 2.45) is 5.92 Å². The molecule has 0 radical (unpaired) electrons. The van der Waals surface area contributed by atoms with Gasteiger partial charge < -0.3 is 5.32 Å². The van der Waals surface area contributed by atoms with E-state index in [0.29, 0.717) is 5.38 Å². The van der Waals surface area contributed by atoms with Crippen molar-refractivity contribution >= 4 is 38.9 Å². The molecule has 1 aromatic heterocycles. The van der Waals surface area contributed by atoms with Gasteiger partial charge >= 0.3 is 0 Å². The van der Waals surface area contributed by atoms with Gasteiger partial charge in [-0.3, -0.25) is 0 Å². The summed E-state index contributed by atoms with van der Waals surface area (Å²) in [6.07, 6.45) is 2.36. The first-order valence-electron chi connectivity index (χ1n) is 4.82. The molecule has 0 bridgehead atoms. The third-order valence-electron chi connectivity index (χ3n) is 2.59. The van der Waals surface area contributed by atoms with E-state index in [-0.39, 0.29) is 0 Å². The van der Waals surface area contributed by atoms with Crippen LogP contribution in [0.25, 0.3) is 0 Å². The van der Waals surface area contributed by atoms with Crippen molar-refractivity contribution in [3.63, 3.8) is 0 Å². The van der Waals surface area contributed by atoms with E-state index in [1.807, 2.05) is 0 Å². The molecule has 0 aliphatic heterocycles. The van der Waals surface area contributed by atoms with E-state index in [0.717, 1.165) is 19.0 Å². The number of halogens is 2. The van der Waals surface area contributed by atoms with Gasteiger partial charge in [-0.1, -0.05) is 0 Å². The Morgan fingerprint density at radius 3 is 2.93 bits per heavy atom. The Morgan fingerprint density at radius 1 is 1.57 bits per heavy atom. The maximum absolute atomic E-state index is 5.91. The minimum absolute atomic E-state index is 0.440. The van der Waals surface area contributed by atoms with Gasteiger partial charge in [0.2, 0.25) is 0 Å². The number of rotatable bonds is 4. The third kappa shape index (κ3) is 2.72. The summed E-state index contributed by atoms with van der Waals surface area (Å²) in [5.41, 5.74) is 0. The van der Waals surface area contributed by atoms with Gasteiger partial charge in [0.1, 0.15) is 0 Å². The number of thiophene rings is 1. The normalized spacial score (nSPS) is 26.1. The van der Waals surface area contributed by atoms with Crippen LogP contribution in [0.1, 0.15) is 17.7 Å². The first-order chi connectivity index (χ1) is 6.75. The first-order valence-corrected chi connectivity index (χ1v) is 6.93. The van der Waals surface area contributed by atoms with E-state index in [2.05, 4.69) is 32.7 Å². The van der Waals surface area contributed by atoms with Crippen LogP contribution in [0.3, 0.4) is 0 Å². The molecule has 0 spiro atoms. The van der Waals surface area contributed by atoms with Crippen LogP contribution in [-0.4, -0.2) is 11.9 Å². The molecule has 1 aliphatic rings. The quantitative estimate of drug-likeness (QED) is 0.837. The van der Waals surface area contributed by atoms with E-state index in [1.165, 1.54) is 22.2 Å². The Morgan fingerprint density at radius 2 is 2.36 bits per heavy atom. The molecule has 1 saturated carbocycles. The highest BCUT2D eigenvalue weighted by molar-refractivity contribution is 9.10. The molecular formula is C10H13BrClNS. The molecule has 0 unspecified atom stereocenters. The van der Waals surface area contributed by atoms with Crippen LogP contribution in [0.4, 0.5) is 0 Å². The van der Waals surface area contributed by atoms with E-state index >= 15 is 0 Å². The largest absolute Gasteiger partial charge is 0.312 e. The van der Waals surface area contributed by atoms with Gasteiger partial charge in [0.15, 0.2) is 0 Å². The molecule has 14 heavy (non-hydrogen) atoms. The average molecular weight is 295 g/mol. The summed E-state index contributed by atoms with van der Waals surface area (Å²) in [5.74, 6) is 0.802. The van der Waals surface area contributed by atoms with Crippen LogP contribution in [0.2, 0.25) is 0 Å². The minimum atomic E-state index is 0.440. The van der Waals surface area contributed by atoms with E-state index in [1.54, 1.807) is 11.3 Å². The zero-order chi connectivity index (χ0) is 9.97. The maximum atomic E-state index is 5.91. The third-order valence-corrected chi connectivity index (χ3v) is 4.87. The van der Waals surface area contributed by atoms with Gasteiger partial charge in [-0.05, 0) is 52.7 Å². The Hall–Kier alpha value is 0.430. The van der Waals surface area contributed by atoms with Crippen LogP contribution in [-0.2, 0) is 6.54 Å². The average Bonchev–Trinajstić information content (AvgIpc) is 2.49. The Bertz CT molecular complexity index is 296. The van der Waals surface area contributed by atoms with Gasteiger partial charge in [-0.25, -0.2) is 0 Å². The number of hydrogen-bond acceptors (Lipinski definition) is 2. The van der Waals surface area contributed by atoms with E-state index in [4.69, 9.17) is 11.6 Å². The van der Waals surface area contributed by atoms with Gasteiger partial charge in [-0.2, -0.15) is 0 Å². The Kier molecular flexibility index (Phi) is 3.88. The molecule has 0 amide bonds. The van der Waals surface area contributed by atoms with Crippen LogP contribution < -0.4 is 5.32 Å². The van der Waals surface area contributed by atoms with Crippen LogP contribution in [0.15, 0.2) is 15.9 Å². The minimum Gasteiger partial charge on any atom is -0.312 e. The van der Waals surface area contributed by atoms with Crippen molar-refractivity contribution in [3.8, 4) is 0 Å². The lowest BCUT2D eigenvalue weighted by Crippen LogP contribution is -2.33. The second kappa shape index (κ2) is 4.97. The van der Waals surface area contributed by atoms with E-state index < -0.39 is 0 Å². The summed E-state index contributed by atoms with van der Waals surface area (Å²) < 4.78 is 1.22. The van der Waals surface area contributed by atoms with Gasteiger partial charge in [0.05, 0.1) is 0 Å². The zero-order valence-corrected chi connectivity index (χ0v) is 11.0. The first kappa shape index (κ1) is 10.9. The predicted molar refractivity (Wildman–Crippen MR) is 66.1 cm³/mol. The highest BCUT2D eigenvalue weighted by Crippen LogP contribution is 2.31. The lowest BCUT2D eigenvalue weighted by molar-refractivity contribution is 0.308. The molecular weight excluding hydrogens is 282 g/mol. The monoisotopic (exact) mass is 293 g/mol. The number of alkyl halides is 1. The SMILES string of the molecule is ClC1CC(CNCc2sccc2Br)C1. The van der Waals surface area contributed by atoms with Crippen molar-refractivity contribution in [2.75, 3.05) is 6.54 Å². The summed E-state index contributed by atoms with van der Waals surface area (Å²) in [6.45, 7) is 2.08. The van der Waals surface area contributed by atoms with Gasteiger partial charge in [0.25, 0.3) is 0 Å². The molecule has 78 valence electrons. The lowest BCUT2D eigenvalue weighted by Gasteiger charge is -2.30. The second-order valence-corrected chi connectivity index (χ2v) is 6.23. The molecule has 2 rings (SSSR count). The lowest BCUT2D eigenvalue weighted by atomic mass is 9.85. The highest BCUT2D eigenvalue weighted by atomic mass is 79.9. The summed E-state index contributed by atoms with van der Waals surface area (Å²) in [5, 5.41) is 6.02. The molecule has 0 saturated heterocycles. The standard InChI is InChI=1S/C10H13BrClNS/c11-9-1-2-14-10(9)6-13-5-7-3-8(12)4-7/h1-2,7-8,13H,3-6H2. The molecule has 1 aliphatic carbocycles. The van der Waals surface area contributed by atoms with Crippen LogP contribution in [0.5, 0.6) is 0 Å². The van der Waals surface area contributed by atoms with Crippen LogP contribution in [0, 0.1) is 5.92 Å². The Labute approximate surface area is 102 Å². The maximum Gasteiger partial charge on any atom is 0.0342 e. The van der Waals surface area contributed by atoms with Crippen molar-refractivity contribution in [1.29, 1.82) is 0 Å². The molecule has 1 fully saturated rings. The molecule has 0 atom stereocenters. The van der Waals surface area contributed by atoms with Crippen molar-refractivity contribution < 1.29 is 0 Å². The summed E-state index contributed by atoms with van der Waals surface area (Å²) in [7, 11) is 0. The highest BCUT2D eigenvalue weighted by Gasteiger charge is 2.26. The van der Waals surface area contributed by atoms with Crippen molar-refractivity contribution in [1.82, 2.24) is 5.32 Å². The second-order valence-electron chi connectivity index (χ2n) is 3.76. The molecule has 1 N–H and O–H groups in total. The summed E-state index contributed by atoms with van der Waals surface area (Å²) in [4.78, 5) is 1.38. The smallest absolute Gasteiger partial charge is 0.0342 e. The molecule has 0 aromatic carbocycles. The van der Waals surface area contributed by atoms with E-state index in [9.17, 15) is 0 Å². The predicted octanol–water partition coefficient (Wildman–Crippen LogP) is 3.62. The molecule has 1 aromatic rings. The van der Waals surface area contributed by atoms with Crippen molar-refractivity contribution in [3.05, 3.63) is 20.8 Å². The van der Waals surface area contributed by atoms with Crippen molar-refractivity contribution in [2.45, 2.75) is 24.8 Å².